The van der Waals surface area contributed by atoms with Gasteiger partial charge < -0.3 is 29.6 Å². The molecular formula is C24H23N5O6. The molecule has 180 valence electrons. The zero-order chi connectivity index (χ0) is 24.9. The van der Waals surface area contributed by atoms with Crippen molar-refractivity contribution in [2.45, 2.75) is 12.1 Å². The molecule has 0 spiro atoms. The van der Waals surface area contributed by atoms with Crippen LogP contribution in [0.3, 0.4) is 0 Å². The fourth-order valence-corrected chi connectivity index (χ4v) is 4.30. The van der Waals surface area contributed by atoms with Gasteiger partial charge in [0.05, 0.1) is 13.7 Å². The van der Waals surface area contributed by atoms with E-state index in [-0.39, 0.29) is 30.8 Å². The summed E-state index contributed by atoms with van der Waals surface area (Å²) < 4.78 is 11.2. The second-order valence-electron chi connectivity index (χ2n) is 8.69. The number of benzene rings is 2. The van der Waals surface area contributed by atoms with E-state index in [0.29, 0.717) is 28.0 Å². The van der Waals surface area contributed by atoms with Crippen molar-refractivity contribution >= 4 is 40.5 Å². The third-order valence-corrected chi connectivity index (χ3v) is 6.16. The molecule has 1 aromatic heterocycles. The Morgan fingerprint density at radius 3 is 2.66 bits per heavy atom. The van der Waals surface area contributed by atoms with Crippen LogP contribution in [0.4, 0.5) is 15.3 Å². The van der Waals surface area contributed by atoms with Crippen LogP contribution in [0, 0.1) is 0 Å². The molecule has 3 aromatic rings. The quantitative estimate of drug-likeness (QED) is 0.483. The lowest BCUT2D eigenvalue weighted by atomic mass is 9.95. The number of anilines is 1. The Morgan fingerprint density at radius 1 is 1.17 bits per heavy atom. The molecule has 0 radical (unpaired) electrons. The summed E-state index contributed by atoms with van der Waals surface area (Å²) in [7, 11) is 4.77. The van der Waals surface area contributed by atoms with E-state index in [1.165, 1.54) is 16.9 Å². The van der Waals surface area contributed by atoms with E-state index in [1.54, 1.807) is 56.6 Å². The zero-order valence-corrected chi connectivity index (χ0v) is 19.3. The minimum atomic E-state index is -1.62. The Balaban J connectivity index is 1.49. The molecule has 1 fully saturated rings. The van der Waals surface area contributed by atoms with Crippen LogP contribution in [0.2, 0.25) is 0 Å². The number of furan rings is 1. The van der Waals surface area contributed by atoms with Crippen molar-refractivity contribution in [2.24, 2.45) is 0 Å². The first-order valence-corrected chi connectivity index (χ1v) is 10.8. The number of nitrogens with zero attached hydrogens (tertiary/aromatic N) is 2. The number of hydrogen-bond donors (Lipinski definition) is 3. The van der Waals surface area contributed by atoms with Crippen LogP contribution in [0.5, 0.6) is 5.75 Å². The van der Waals surface area contributed by atoms with Gasteiger partial charge in [-0.3, -0.25) is 14.9 Å². The summed E-state index contributed by atoms with van der Waals surface area (Å²) in [6, 6.07) is 10.9. The lowest BCUT2D eigenvalue weighted by Gasteiger charge is -2.29. The van der Waals surface area contributed by atoms with Crippen molar-refractivity contribution in [3.63, 3.8) is 0 Å². The SMILES string of the molecule is COc1ccc2c(c1)C(=O)N(C[C@@]1(c3cc4cc(NC(=O)N(C)C)ccc4o3)NC(=O)NC1=O)C2. The summed E-state index contributed by atoms with van der Waals surface area (Å²) in [5.74, 6) is -0.177. The fourth-order valence-electron chi connectivity index (χ4n) is 4.30. The van der Waals surface area contributed by atoms with Gasteiger partial charge in [0, 0.05) is 37.3 Å². The normalized spacial score (nSPS) is 18.9. The lowest BCUT2D eigenvalue weighted by molar-refractivity contribution is -0.125. The number of carbonyl (C=O) groups excluding carboxylic acids is 4. The van der Waals surface area contributed by atoms with E-state index in [2.05, 4.69) is 16.0 Å². The first kappa shape index (κ1) is 22.3. The second kappa shape index (κ2) is 8.05. The third kappa shape index (κ3) is 3.70. The molecule has 2 aliphatic heterocycles. The van der Waals surface area contributed by atoms with Gasteiger partial charge in [-0.15, -0.1) is 0 Å². The Morgan fingerprint density at radius 2 is 1.97 bits per heavy atom. The Kier molecular flexibility index (Phi) is 5.12. The van der Waals surface area contributed by atoms with Crippen molar-refractivity contribution in [3.05, 3.63) is 59.4 Å². The highest BCUT2D eigenvalue weighted by molar-refractivity contribution is 6.08. The van der Waals surface area contributed by atoms with Crippen molar-refractivity contribution in [1.29, 1.82) is 0 Å². The molecular weight excluding hydrogens is 454 g/mol. The van der Waals surface area contributed by atoms with Crippen LogP contribution < -0.4 is 20.7 Å². The van der Waals surface area contributed by atoms with Gasteiger partial charge >= 0.3 is 12.1 Å². The number of amides is 6. The molecule has 3 heterocycles. The fraction of sp³-hybridized carbons (Fsp3) is 0.250. The zero-order valence-electron chi connectivity index (χ0n) is 19.3. The van der Waals surface area contributed by atoms with Crippen molar-refractivity contribution in [2.75, 3.05) is 33.1 Å². The van der Waals surface area contributed by atoms with Gasteiger partial charge in [0.1, 0.15) is 17.1 Å². The molecule has 2 aromatic carbocycles. The van der Waals surface area contributed by atoms with Gasteiger partial charge in [0.2, 0.25) is 0 Å². The molecule has 5 rings (SSSR count). The van der Waals surface area contributed by atoms with Crippen molar-refractivity contribution in [3.8, 4) is 5.75 Å². The highest BCUT2D eigenvalue weighted by Crippen LogP contribution is 2.35. The molecule has 0 bridgehead atoms. The first-order chi connectivity index (χ1) is 16.7. The van der Waals surface area contributed by atoms with Crippen molar-refractivity contribution < 1.29 is 28.3 Å². The summed E-state index contributed by atoms with van der Waals surface area (Å²) in [6.07, 6.45) is 0. The summed E-state index contributed by atoms with van der Waals surface area (Å²) in [5.41, 5.74) is 0.649. The molecule has 0 saturated carbocycles. The number of carbonyl (C=O) groups is 4. The summed E-state index contributed by atoms with van der Waals surface area (Å²) in [4.78, 5) is 53.3. The molecule has 2 aliphatic rings. The molecule has 1 saturated heterocycles. The van der Waals surface area contributed by atoms with E-state index in [0.717, 1.165) is 5.56 Å². The van der Waals surface area contributed by atoms with E-state index in [1.807, 2.05) is 0 Å². The maximum Gasteiger partial charge on any atom is 0.322 e. The van der Waals surface area contributed by atoms with Crippen molar-refractivity contribution in [1.82, 2.24) is 20.4 Å². The number of ether oxygens (including phenoxy) is 1. The van der Waals surface area contributed by atoms with Crippen LogP contribution in [-0.2, 0) is 16.9 Å². The highest BCUT2D eigenvalue weighted by Gasteiger charge is 2.53. The Bertz CT molecular complexity index is 1400. The second-order valence-corrected chi connectivity index (χ2v) is 8.69. The van der Waals surface area contributed by atoms with Crippen LogP contribution in [0.15, 0.2) is 46.9 Å². The Labute approximate surface area is 200 Å². The Hall–Kier alpha value is -4.54. The lowest BCUT2D eigenvalue weighted by Crippen LogP contribution is -2.52. The third-order valence-electron chi connectivity index (χ3n) is 6.16. The minimum Gasteiger partial charge on any atom is -0.497 e. The van der Waals surface area contributed by atoms with Crippen LogP contribution >= 0.6 is 0 Å². The molecule has 35 heavy (non-hydrogen) atoms. The average molecular weight is 477 g/mol. The summed E-state index contributed by atoms with van der Waals surface area (Å²) in [6.45, 7) is 0.133. The van der Waals surface area contributed by atoms with E-state index in [9.17, 15) is 19.2 Å². The molecule has 11 nitrogen and oxygen atoms in total. The number of rotatable bonds is 5. The smallest absolute Gasteiger partial charge is 0.322 e. The average Bonchev–Trinajstić information content (AvgIpc) is 3.47. The maximum atomic E-state index is 13.1. The van der Waals surface area contributed by atoms with E-state index >= 15 is 0 Å². The molecule has 6 amide bonds. The van der Waals surface area contributed by atoms with Crippen LogP contribution in [0.25, 0.3) is 11.0 Å². The standard InChI is InChI=1S/C24H23N5O6/c1-28(2)23(33)25-15-5-7-18-14(8-15)9-19(35-18)24(21(31)26-22(32)27-24)12-29-11-13-4-6-16(34-3)10-17(13)20(29)30/h4-10H,11-12H2,1-3H3,(H,25,33)(H2,26,27,31,32)/t24-/m0/s1. The molecule has 0 aliphatic carbocycles. The predicted octanol–water partition coefficient (Wildman–Crippen LogP) is 2.23. The monoisotopic (exact) mass is 477 g/mol. The van der Waals surface area contributed by atoms with Crippen LogP contribution in [0.1, 0.15) is 21.7 Å². The van der Waals surface area contributed by atoms with Gasteiger partial charge in [0.25, 0.3) is 11.8 Å². The number of fused-ring (bicyclic) bond motifs is 2. The predicted molar refractivity (Wildman–Crippen MR) is 125 cm³/mol. The summed E-state index contributed by atoms with van der Waals surface area (Å²) >= 11 is 0. The molecule has 1 atom stereocenters. The first-order valence-electron chi connectivity index (χ1n) is 10.8. The number of nitrogens with one attached hydrogen (secondary N) is 3. The van der Waals surface area contributed by atoms with Crippen LogP contribution in [-0.4, -0.2) is 61.4 Å². The summed E-state index contributed by atoms with van der Waals surface area (Å²) in [5, 5.41) is 8.29. The largest absolute Gasteiger partial charge is 0.497 e. The van der Waals surface area contributed by atoms with Gasteiger partial charge in [0.15, 0.2) is 5.54 Å². The maximum absolute atomic E-state index is 13.1. The number of hydrogen-bond acceptors (Lipinski definition) is 6. The molecule has 11 heteroatoms. The molecule has 0 unspecified atom stereocenters. The number of methoxy groups -OCH3 is 1. The topological polar surface area (TPSA) is 133 Å². The van der Waals surface area contributed by atoms with E-state index < -0.39 is 17.5 Å². The van der Waals surface area contributed by atoms with Gasteiger partial charge in [-0.05, 0) is 42.0 Å². The van der Waals surface area contributed by atoms with Gasteiger partial charge in [-0.2, -0.15) is 0 Å². The highest BCUT2D eigenvalue weighted by atomic mass is 16.5. The van der Waals surface area contributed by atoms with Gasteiger partial charge in [-0.1, -0.05) is 6.07 Å². The number of urea groups is 2. The van der Waals surface area contributed by atoms with Gasteiger partial charge in [-0.25, -0.2) is 9.59 Å². The van der Waals surface area contributed by atoms with E-state index in [4.69, 9.17) is 9.15 Å². The molecule has 3 N–H and O–H groups in total. The minimum absolute atomic E-state index is 0.134. The number of imide groups is 1.